The van der Waals surface area contributed by atoms with E-state index in [-0.39, 0.29) is 31.4 Å². The second kappa shape index (κ2) is 13.5. The molecule has 0 aliphatic rings. The van der Waals surface area contributed by atoms with Crippen molar-refractivity contribution in [3.63, 3.8) is 0 Å². The molecule has 1 N–H and O–H groups in total. The molecular formula is C13H24ClNO4. The summed E-state index contributed by atoms with van der Waals surface area (Å²) in [6, 6.07) is 0. The molecule has 0 aliphatic heterocycles. The summed E-state index contributed by atoms with van der Waals surface area (Å²) in [5.41, 5.74) is 0. The number of alkyl halides is 1. The van der Waals surface area contributed by atoms with E-state index in [1.165, 1.54) is 19.3 Å². The van der Waals surface area contributed by atoms with Crippen molar-refractivity contribution in [2.45, 2.75) is 45.4 Å². The Bertz CT molecular complexity index is 249. The van der Waals surface area contributed by atoms with Gasteiger partial charge in [0.2, 0.25) is 0 Å². The summed E-state index contributed by atoms with van der Waals surface area (Å²) in [5, 5.41) is 2.45. The van der Waals surface area contributed by atoms with Gasteiger partial charge in [-0.2, -0.15) is 0 Å². The molecule has 0 spiro atoms. The van der Waals surface area contributed by atoms with Crippen LogP contribution in [0, 0.1) is 0 Å². The highest BCUT2D eigenvalue weighted by Gasteiger charge is 2.05. The smallest absolute Gasteiger partial charge is 0.407 e. The second-order valence-corrected chi connectivity index (χ2v) is 4.51. The Labute approximate surface area is 120 Å². The van der Waals surface area contributed by atoms with E-state index in [1.807, 2.05) is 0 Å². The number of hydrogen-bond donors (Lipinski definition) is 1. The fraction of sp³-hybridized carbons (Fsp3) is 0.846. The van der Waals surface area contributed by atoms with Crippen LogP contribution in [0.2, 0.25) is 0 Å². The number of carbonyl (C=O) groups excluding carboxylic acids is 2. The van der Waals surface area contributed by atoms with E-state index in [2.05, 4.69) is 17.0 Å². The first-order valence-electron chi connectivity index (χ1n) is 6.83. The number of ether oxygens (including phenoxy) is 2. The summed E-state index contributed by atoms with van der Waals surface area (Å²) < 4.78 is 9.71. The molecule has 112 valence electrons. The van der Waals surface area contributed by atoms with Gasteiger partial charge in [0.1, 0.15) is 6.61 Å². The van der Waals surface area contributed by atoms with Crippen LogP contribution in [0.25, 0.3) is 0 Å². The predicted molar refractivity (Wildman–Crippen MR) is 74.4 cm³/mol. The summed E-state index contributed by atoms with van der Waals surface area (Å²) in [6.45, 7) is 3.00. The zero-order valence-corrected chi connectivity index (χ0v) is 12.3. The van der Waals surface area contributed by atoms with Crippen LogP contribution in [0.5, 0.6) is 0 Å². The average Bonchev–Trinajstić information content (AvgIpc) is 2.40. The number of unbranched alkanes of at least 4 members (excludes halogenated alkanes) is 4. The summed E-state index contributed by atoms with van der Waals surface area (Å²) in [5.74, 6) is -0.0406. The van der Waals surface area contributed by atoms with E-state index in [1.54, 1.807) is 0 Å². The quantitative estimate of drug-likeness (QED) is 0.361. The monoisotopic (exact) mass is 293 g/mol. The van der Waals surface area contributed by atoms with E-state index >= 15 is 0 Å². The molecule has 5 nitrogen and oxygen atoms in total. The minimum atomic E-state index is -0.562. The van der Waals surface area contributed by atoms with Crippen LogP contribution in [0.15, 0.2) is 0 Å². The maximum absolute atomic E-state index is 11.3. The molecule has 0 aromatic carbocycles. The fourth-order valence-electron chi connectivity index (χ4n) is 1.41. The molecule has 0 aromatic heterocycles. The molecule has 0 aliphatic carbocycles. The van der Waals surface area contributed by atoms with Crippen LogP contribution >= 0.6 is 11.6 Å². The molecule has 0 aromatic rings. The Kier molecular flexibility index (Phi) is 12.8. The fourth-order valence-corrected chi connectivity index (χ4v) is 1.49. The Morgan fingerprint density at radius 3 is 2.47 bits per heavy atom. The molecule has 1 amide bonds. The lowest BCUT2D eigenvalue weighted by Gasteiger charge is -2.06. The van der Waals surface area contributed by atoms with Crippen molar-refractivity contribution in [3.8, 4) is 0 Å². The van der Waals surface area contributed by atoms with E-state index in [9.17, 15) is 9.59 Å². The van der Waals surface area contributed by atoms with Crippen LogP contribution in [-0.2, 0) is 14.3 Å². The van der Waals surface area contributed by atoms with Crippen molar-refractivity contribution in [1.29, 1.82) is 0 Å². The van der Waals surface area contributed by atoms with Gasteiger partial charge in [-0.05, 0) is 6.42 Å². The molecule has 0 bridgehead atoms. The number of hydrogen-bond acceptors (Lipinski definition) is 4. The zero-order chi connectivity index (χ0) is 14.3. The molecule has 0 unspecified atom stereocenters. The molecule has 0 atom stereocenters. The van der Waals surface area contributed by atoms with Crippen molar-refractivity contribution in [3.05, 3.63) is 0 Å². The third-order valence-corrected chi connectivity index (χ3v) is 2.57. The van der Waals surface area contributed by atoms with E-state index in [0.717, 1.165) is 12.8 Å². The summed E-state index contributed by atoms with van der Waals surface area (Å²) in [4.78, 5) is 22.3. The number of alkyl carbamates (subject to hydrolysis) is 1. The summed E-state index contributed by atoms with van der Waals surface area (Å²) >= 11 is 5.35. The SMILES string of the molecule is CCCCCCCOC(=O)CCNC(=O)OCCCl. The Balaban J connectivity index is 3.32. The van der Waals surface area contributed by atoms with Crippen LogP contribution in [-0.4, -0.2) is 37.7 Å². The number of carbonyl (C=O) groups is 2. The van der Waals surface area contributed by atoms with Crippen LogP contribution in [0.1, 0.15) is 45.4 Å². The highest BCUT2D eigenvalue weighted by molar-refractivity contribution is 6.18. The molecule has 0 saturated heterocycles. The Morgan fingerprint density at radius 2 is 1.79 bits per heavy atom. The third-order valence-electron chi connectivity index (χ3n) is 2.42. The maximum atomic E-state index is 11.3. The molecule has 19 heavy (non-hydrogen) atoms. The van der Waals surface area contributed by atoms with Gasteiger partial charge in [0.25, 0.3) is 0 Å². The van der Waals surface area contributed by atoms with Crippen LogP contribution < -0.4 is 5.32 Å². The van der Waals surface area contributed by atoms with Gasteiger partial charge in [0.05, 0.1) is 18.9 Å². The normalized spacial score (nSPS) is 10.0. The molecule has 6 heteroatoms. The summed E-state index contributed by atoms with van der Waals surface area (Å²) in [6.07, 6.45) is 5.19. The van der Waals surface area contributed by atoms with Crippen LogP contribution in [0.4, 0.5) is 4.79 Å². The van der Waals surface area contributed by atoms with Gasteiger partial charge < -0.3 is 14.8 Å². The number of esters is 1. The van der Waals surface area contributed by atoms with Crippen molar-refractivity contribution >= 4 is 23.7 Å². The Morgan fingerprint density at radius 1 is 1.05 bits per heavy atom. The first kappa shape index (κ1) is 18.0. The lowest BCUT2D eigenvalue weighted by atomic mass is 10.2. The molecule has 0 heterocycles. The van der Waals surface area contributed by atoms with E-state index in [0.29, 0.717) is 6.61 Å². The predicted octanol–water partition coefficient (Wildman–Crippen LogP) is 2.86. The van der Waals surface area contributed by atoms with E-state index < -0.39 is 6.09 Å². The number of rotatable bonds is 11. The van der Waals surface area contributed by atoms with Gasteiger partial charge in [-0.25, -0.2) is 4.79 Å². The first-order chi connectivity index (χ1) is 9.20. The Hall–Kier alpha value is -0.970. The zero-order valence-electron chi connectivity index (χ0n) is 11.6. The minimum absolute atomic E-state index is 0.158. The summed E-state index contributed by atoms with van der Waals surface area (Å²) in [7, 11) is 0. The number of nitrogens with one attached hydrogen (secondary N) is 1. The topological polar surface area (TPSA) is 64.6 Å². The van der Waals surface area contributed by atoms with Crippen molar-refractivity contribution in [2.24, 2.45) is 0 Å². The lowest BCUT2D eigenvalue weighted by molar-refractivity contribution is -0.143. The van der Waals surface area contributed by atoms with Gasteiger partial charge in [-0.3, -0.25) is 4.79 Å². The van der Waals surface area contributed by atoms with Gasteiger partial charge in [0.15, 0.2) is 0 Å². The van der Waals surface area contributed by atoms with Crippen LogP contribution in [0.3, 0.4) is 0 Å². The van der Waals surface area contributed by atoms with E-state index in [4.69, 9.17) is 16.3 Å². The molecule has 0 rings (SSSR count). The largest absolute Gasteiger partial charge is 0.466 e. The second-order valence-electron chi connectivity index (χ2n) is 4.14. The molecule has 0 radical (unpaired) electrons. The van der Waals surface area contributed by atoms with Gasteiger partial charge in [-0.15, -0.1) is 11.6 Å². The third kappa shape index (κ3) is 13.3. The highest BCUT2D eigenvalue weighted by atomic mass is 35.5. The minimum Gasteiger partial charge on any atom is -0.466 e. The van der Waals surface area contributed by atoms with Gasteiger partial charge in [-0.1, -0.05) is 32.6 Å². The van der Waals surface area contributed by atoms with Crippen molar-refractivity contribution < 1.29 is 19.1 Å². The van der Waals surface area contributed by atoms with Gasteiger partial charge >= 0.3 is 12.1 Å². The molecular weight excluding hydrogens is 270 g/mol. The molecule has 0 fully saturated rings. The number of amides is 1. The maximum Gasteiger partial charge on any atom is 0.407 e. The van der Waals surface area contributed by atoms with Crippen molar-refractivity contribution in [2.75, 3.05) is 25.6 Å². The first-order valence-corrected chi connectivity index (χ1v) is 7.36. The van der Waals surface area contributed by atoms with Crippen molar-refractivity contribution in [1.82, 2.24) is 5.32 Å². The number of halogens is 1. The highest BCUT2D eigenvalue weighted by Crippen LogP contribution is 2.02. The average molecular weight is 294 g/mol. The van der Waals surface area contributed by atoms with Gasteiger partial charge in [0, 0.05) is 6.54 Å². The standard InChI is InChI=1S/C13H24ClNO4/c1-2-3-4-5-6-10-18-12(16)7-9-15-13(17)19-11-8-14/h2-11H2,1H3,(H,15,17). The molecule has 0 saturated carbocycles. The lowest BCUT2D eigenvalue weighted by Crippen LogP contribution is -2.27.